The van der Waals surface area contributed by atoms with E-state index in [4.69, 9.17) is 10.5 Å². The van der Waals surface area contributed by atoms with Crippen LogP contribution in [0.5, 0.6) is 5.75 Å². The van der Waals surface area contributed by atoms with Crippen molar-refractivity contribution in [3.05, 3.63) is 29.8 Å². The average Bonchev–Trinajstić information content (AvgIpc) is 2.15. The molecule has 1 aliphatic rings. The zero-order valence-electron chi connectivity index (χ0n) is 10.0. The van der Waals surface area contributed by atoms with Crippen molar-refractivity contribution in [3.8, 4) is 5.75 Å². The molecule has 0 radical (unpaired) electrons. The SMILES string of the molecule is CC(C)Oc1cccc(CN2CC(N)C2)c1. The third-order valence-corrected chi connectivity index (χ3v) is 2.66. The Morgan fingerprint density at radius 2 is 2.19 bits per heavy atom. The van der Waals surface area contributed by atoms with Gasteiger partial charge in [-0.05, 0) is 31.5 Å². The molecule has 1 fully saturated rings. The summed E-state index contributed by atoms with van der Waals surface area (Å²) < 4.78 is 5.67. The lowest BCUT2D eigenvalue weighted by Crippen LogP contribution is -2.54. The summed E-state index contributed by atoms with van der Waals surface area (Å²) in [7, 11) is 0. The van der Waals surface area contributed by atoms with Gasteiger partial charge in [0.25, 0.3) is 0 Å². The lowest BCUT2D eigenvalue weighted by atomic mass is 10.1. The molecule has 1 aliphatic heterocycles. The third-order valence-electron chi connectivity index (χ3n) is 2.66. The van der Waals surface area contributed by atoms with E-state index in [2.05, 4.69) is 17.0 Å². The minimum Gasteiger partial charge on any atom is -0.491 e. The number of benzene rings is 1. The highest BCUT2D eigenvalue weighted by atomic mass is 16.5. The maximum Gasteiger partial charge on any atom is 0.120 e. The molecule has 2 N–H and O–H groups in total. The number of nitrogens with zero attached hydrogens (tertiary/aromatic N) is 1. The van der Waals surface area contributed by atoms with Gasteiger partial charge in [-0.25, -0.2) is 0 Å². The van der Waals surface area contributed by atoms with E-state index in [1.54, 1.807) is 0 Å². The maximum absolute atomic E-state index is 5.75. The predicted molar refractivity (Wildman–Crippen MR) is 65.5 cm³/mol. The van der Waals surface area contributed by atoms with Gasteiger partial charge in [-0.1, -0.05) is 12.1 Å². The van der Waals surface area contributed by atoms with E-state index in [0.29, 0.717) is 6.04 Å². The van der Waals surface area contributed by atoms with Gasteiger partial charge in [-0.15, -0.1) is 0 Å². The monoisotopic (exact) mass is 220 g/mol. The molecule has 0 aliphatic carbocycles. The van der Waals surface area contributed by atoms with Crippen LogP contribution in [0, 0.1) is 0 Å². The summed E-state index contributed by atoms with van der Waals surface area (Å²) in [6.45, 7) is 7.08. The minimum atomic E-state index is 0.229. The molecule has 0 aromatic heterocycles. The van der Waals surface area contributed by atoms with Crippen LogP contribution in [0.4, 0.5) is 0 Å². The van der Waals surface area contributed by atoms with Crippen LogP contribution in [0.1, 0.15) is 19.4 Å². The van der Waals surface area contributed by atoms with E-state index in [9.17, 15) is 0 Å². The molecule has 2 rings (SSSR count). The van der Waals surface area contributed by atoms with E-state index in [-0.39, 0.29) is 6.10 Å². The van der Waals surface area contributed by atoms with Gasteiger partial charge < -0.3 is 10.5 Å². The molecule has 3 heteroatoms. The van der Waals surface area contributed by atoms with Crippen molar-refractivity contribution < 1.29 is 4.74 Å². The summed E-state index contributed by atoms with van der Waals surface area (Å²) in [5.74, 6) is 0.956. The fourth-order valence-electron chi connectivity index (χ4n) is 1.99. The van der Waals surface area contributed by atoms with Crippen molar-refractivity contribution in [1.29, 1.82) is 0 Å². The molecule has 0 amide bonds. The third kappa shape index (κ3) is 2.97. The molecule has 16 heavy (non-hydrogen) atoms. The number of hydrogen-bond donors (Lipinski definition) is 1. The second kappa shape index (κ2) is 4.85. The zero-order chi connectivity index (χ0) is 11.5. The molecule has 88 valence electrons. The van der Waals surface area contributed by atoms with Crippen LogP contribution < -0.4 is 10.5 Å². The van der Waals surface area contributed by atoms with Crippen molar-refractivity contribution in [2.75, 3.05) is 13.1 Å². The van der Waals surface area contributed by atoms with Crippen LogP contribution in [0.3, 0.4) is 0 Å². The molecule has 0 spiro atoms. The molecule has 3 nitrogen and oxygen atoms in total. The molecular formula is C13H20N2O. The van der Waals surface area contributed by atoms with Crippen molar-refractivity contribution >= 4 is 0 Å². The number of likely N-dealkylation sites (tertiary alicyclic amines) is 1. The van der Waals surface area contributed by atoms with Crippen LogP contribution in [0.15, 0.2) is 24.3 Å². The van der Waals surface area contributed by atoms with Crippen LogP contribution in [-0.2, 0) is 6.54 Å². The van der Waals surface area contributed by atoms with Crippen LogP contribution in [0.2, 0.25) is 0 Å². The standard InChI is InChI=1S/C13H20N2O/c1-10(2)16-13-5-3-4-11(6-13)7-15-8-12(14)9-15/h3-6,10,12H,7-9,14H2,1-2H3. The van der Waals surface area contributed by atoms with E-state index < -0.39 is 0 Å². The topological polar surface area (TPSA) is 38.5 Å². The lowest BCUT2D eigenvalue weighted by Gasteiger charge is -2.36. The Kier molecular flexibility index (Phi) is 3.46. The number of nitrogens with two attached hydrogens (primary N) is 1. The Hall–Kier alpha value is -1.06. The summed E-state index contributed by atoms with van der Waals surface area (Å²) in [6.07, 6.45) is 0.229. The first-order chi connectivity index (χ1) is 7.63. The van der Waals surface area contributed by atoms with Gasteiger partial charge in [-0.3, -0.25) is 4.90 Å². The summed E-state index contributed by atoms with van der Waals surface area (Å²) in [4.78, 5) is 2.35. The first-order valence-electron chi connectivity index (χ1n) is 5.87. The zero-order valence-corrected chi connectivity index (χ0v) is 10.0. The molecule has 1 saturated heterocycles. The van der Waals surface area contributed by atoms with Gasteiger partial charge in [0.15, 0.2) is 0 Å². The van der Waals surface area contributed by atoms with Gasteiger partial charge in [-0.2, -0.15) is 0 Å². The van der Waals surface area contributed by atoms with Crippen molar-refractivity contribution in [1.82, 2.24) is 4.90 Å². The predicted octanol–water partition coefficient (Wildman–Crippen LogP) is 1.62. The Bertz CT molecular complexity index is 346. The van der Waals surface area contributed by atoms with E-state index >= 15 is 0 Å². The van der Waals surface area contributed by atoms with Gasteiger partial charge in [0.2, 0.25) is 0 Å². The second-order valence-electron chi connectivity index (χ2n) is 4.77. The Morgan fingerprint density at radius 1 is 1.44 bits per heavy atom. The normalized spacial score (nSPS) is 17.5. The smallest absolute Gasteiger partial charge is 0.120 e. The quantitative estimate of drug-likeness (QED) is 0.838. The van der Waals surface area contributed by atoms with Crippen molar-refractivity contribution in [3.63, 3.8) is 0 Å². The summed E-state index contributed by atoms with van der Waals surface area (Å²) >= 11 is 0. The highest BCUT2D eigenvalue weighted by molar-refractivity contribution is 5.28. The van der Waals surface area contributed by atoms with Crippen LogP contribution in [-0.4, -0.2) is 30.1 Å². The molecule has 1 heterocycles. The molecule has 1 aromatic rings. The van der Waals surface area contributed by atoms with E-state index in [0.717, 1.165) is 25.4 Å². The fraction of sp³-hybridized carbons (Fsp3) is 0.538. The fourth-order valence-corrected chi connectivity index (χ4v) is 1.99. The van der Waals surface area contributed by atoms with Crippen molar-refractivity contribution in [2.45, 2.75) is 32.5 Å². The molecule has 0 saturated carbocycles. The average molecular weight is 220 g/mol. The first kappa shape index (κ1) is 11.4. The van der Waals surface area contributed by atoms with Gasteiger partial charge in [0.1, 0.15) is 5.75 Å². The molecule has 0 bridgehead atoms. The maximum atomic E-state index is 5.75. The second-order valence-corrected chi connectivity index (χ2v) is 4.77. The largest absolute Gasteiger partial charge is 0.491 e. The minimum absolute atomic E-state index is 0.229. The van der Waals surface area contributed by atoms with Crippen LogP contribution in [0.25, 0.3) is 0 Å². The summed E-state index contributed by atoms with van der Waals surface area (Å²) in [6, 6.07) is 8.68. The number of hydrogen-bond acceptors (Lipinski definition) is 3. The van der Waals surface area contributed by atoms with Crippen LogP contribution >= 0.6 is 0 Å². The Balaban J connectivity index is 1.93. The number of rotatable bonds is 4. The Labute approximate surface area is 97.2 Å². The van der Waals surface area contributed by atoms with E-state index in [1.807, 2.05) is 26.0 Å². The molecular weight excluding hydrogens is 200 g/mol. The highest BCUT2D eigenvalue weighted by Crippen LogP contribution is 2.18. The van der Waals surface area contributed by atoms with E-state index in [1.165, 1.54) is 5.56 Å². The van der Waals surface area contributed by atoms with Crippen molar-refractivity contribution in [2.24, 2.45) is 5.73 Å². The lowest BCUT2D eigenvalue weighted by molar-refractivity contribution is 0.142. The molecule has 1 aromatic carbocycles. The number of ether oxygens (including phenoxy) is 1. The van der Waals surface area contributed by atoms with Gasteiger partial charge in [0, 0.05) is 25.7 Å². The van der Waals surface area contributed by atoms with Gasteiger partial charge >= 0.3 is 0 Å². The summed E-state index contributed by atoms with van der Waals surface area (Å²) in [5.41, 5.74) is 7.05. The first-order valence-corrected chi connectivity index (χ1v) is 5.87. The molecule has 0 atom stereocenters. The summed E-state index contributed by atoms with van der Waals surface area (Å²) in [5, 5.41) is 0. The van der Waals surface area contributed by atoms with Gasteiger partial charge in [0.05, 0.1) is 6.10 Å². The highest BCUT2D eigenvalue weighted by Gasteiger charge is 2.22. The Morgan fingerprint density at radius 3 is 2.81 bits per heavy atom. The molecule has 0 unspecified atom stereocenters.